The second-order valence-corrected chi connectivity index (χ2v) is 19.3. The summed E-state index contributed by atoms with van der Waals surface area (Å²) in [6.07, 6.45) is 2.61. The van der Waals surface area contributed by atoms with Crippen LogP contribution in [0.5, 0.6) is 0 Å². The molecule has 2 radical (unpaired) electrons. The van der Waals surface area contributed by atoms with Gasteiger partial charge >= 0.3 is 19.5 Å². The number of rotatable bonds is 10. The van der Waals surface area contributed by atoms with Gasteiger partial charge in [0.25, 0.3) is 6.79 Å². The van der Waals surface area contributed by atoms with Crippen molar-refractivity contribution in [3.8, 4) is 0 Å². The smallest absolute Gasteiger partial charge is 1.00 e. The predicted molar refractivity (Wildman–Crippen MR) is 164 cm³/mol. The van der Waals surface area contributed by atoms with Crippen molar-refractivity contribution in [3.05, 3.63) is 121 Å². The van der Waals surface area contributed by atoms with E-state index in [1.807, 2.05) is 0 Å². The predicted octanol–water partition coefficient (Wildman–Crippen LogP) is 6.90. The first kappa shape index (κ1) is 30.5. The molecule has 4 aromatic carbocycles. The zero-order valence-electron chi connectivity index (χ0n) is 24.0. The van der Waals surface area contributed by atoms with Crippen LogP contribution in [0.4, 0.5) is 0 Å². The van der Waals surface area contributed by atoms with Gasteiger partial charge in [-0.1, -0.05) is 147 Å². The summed E-state index contributed by atoms with van der Waals surface area (Å²) in [5, 5.41) is 6.05. The summed E-state index contributed by atoms with van der Waals surface area (Å²) >= 11 is 0. The maximum atomic E-state index is 7.50. The number of benzene rings is 4. The van der Waals surface area contributed by atoms with E-state index in [1.165, 1.54) is 45.6 Å². The Morgan fingerprint density at radius 3 is 0.972 bits per heavy atom. The van der Waals surface area contributed by atoms with Gasteiger partial charge in [-0.25, -0.2) is 0 Å². The van der Waals surface area contributed by atoms with Crippen LogP contribution in [0.25, 0.3) is 0 Å². The molecule has 0 aliphatic heterocycles. The van der Waals surface area contributed by atoms with Gasteiger partial charge in [-0.2, -0.15) is 0 Å². The van der Waals surface area contributed by atoms with Crippen molar-refractivity contribution in [1.29, 1.82) is 0 Å². The van der Waals surface area contributed by atoms with Gasteiger partial charge < -0.3 is 4.28 Å². The molecule has 190 valence electrons. The summed E-state index contributed by atoms with van der Waals surface area (Å²) < 4.78 is 0. The third-order valence-electron chi connectivity index (χ3n) is 6.30. The summed E-state index contributed by atoms with van der Waals surface area (Å²) in [7, 11) is -1.91. The Kier molecular flexibility index (Phi) is 13.7. The second-order valence-electron chi connectivity index (χ2n) is 9.31. The molecule has 0 saturated carbocycles. The standard InChI is InChI=1S/C30H34P2Si.CO.Rh.3H/c1-33(2,25-23-31(27-15-7-3-8-16-27)28-17-9-4-10-18-28)26-24-32(29-19-11-5-12-20-29)30-21-13-6-14-22-30;1-2;;;;/h3-22H,23-26H2,1-2H3;;;;;/q;;+3;3*-1. The molecule has 0 aromatic heterocycles. The van der Waals surface area contributed by atoms with Gasteiger partial charge in [-0.15, -0.1) is 0 Å². The van der Waals surface area contributed by atoms with Crippen LogP contribution in [0.3, 0.4) is 0 Å². The molecule has 0 saturated heterocycles. The van der Waals surface area contributed by atoms with Crippen molar-refractivity contribution in [2.75, 3.05) is 12.3 Å². The maximum Gasteiger partial charge on any atom is 3.00 e. The Bertz CT molecular complexity index is 960. The normalized spacial score (nSPS) is 10.9. The molecule has 0 unspecified atom stereocenters. The fraction of sp³-hybridized carbons (Fsp3) is 0.194. The molecule has 0 atom stereocenters. The number of hydrogen-bond donors (Lipinski definition) is 0. The Labute approximate surface area is 238 Å². The third kappa shape index (κ3) is 9.28. The largest absolute Gasteiger partial charge is 3.00 e. The van der Waals surface area contributed by atoms with E-state index in [2.05, 4.69) is 141 Å². The van der Waals surface area contributed by atoms with Gasteiger partial charge in [-0.05, 0) is 49.4 Å². The van der Waals surface area contributed by atoms with Crippen molar-refractivity contribution in [1.82, 2.24) is 0 Å². The van der Waals surface area contributed by atoms with E-state index in [0.29, 0.717) is 0 Å². The van der Waals surface area contributed by atoms with Gasteiger partial charge in [0, 0.05) is 8.07 Å². The first-order chi connectivity index (χ1) is 17.1. The summed E-state index contributed by atoms with van der Waals surface area (Å²) in [6.45, 7) is 9.72. The molecule has 4 aromatic rings. The third-order valence-corrected chi connectivity index (χ3v) is 15.4. The van der Waals surface area contributed by atoms with E-state index in [4.69, 9.17) is 4.79 Å². The van der Waals surface area contributed by atoms with Crippen molar-refractivity contribution in [2.24, 2.45) is 0 Å². The summed E-state index contributed by atoms with van der Waals surface area (Å²) in [6, 6.07) is 47.5. The molecule has 0 N–H and O–H groups in total. The van der Waals surface area contributed by atoms with E-state index in [1.54, 1.807) is 0 Å². The Balaban J connectivity index is 0. The first-order valence-electron chi connectivity index (χ1n) is 12.1. The van der Waals surface area contributed by atoms with Crippen LogP contribution in [0.1, 0.15) is 4.28 Å². The number of hydrogen-bond acceptors (Lipinski definition) is 1. The molecular formula is C31H37OP2RhSi. The Hall–Kier alpha value is -1.75. The summed E-state index contributed by atoms with van der Waals surface area (Å²) in [5.41, 5.74) is 0. The van der Waals surface area contributed by atoms with E-state index < -0.39 is 8.07 Å². The first-order valence-corrected chi connectivity index (χ1v) is 18.5. The molecule has 0 bridgehead atoms. The van der Waals surface area contributed by atoms with Crippen molar-refractivity contribution in [2.45, 2.75) is 25.2 Å². The van der Waals surface area contributed by atoms with Crippen LogP contribution in [-0.2, 0) is 24.3 Å². The van der Waals surface area contributed by atoms with E-state index in [9.17, 15) is 0 Å². The van der Waals surface area contributed by atoms with E-state index >= 15 is 0 Å². The Morgan fingerprint density at radius 1 is 0.528 bits per heavy atom. The van der Waals surface area contributed by atoms with Crippen LogP contribution in [0, 0.1) is 0 Å². The summed E-state index contributed by atoms with van der Waals surface area (Å²) in [5.74, 6) is 0. The minimum atomic E-state index is -1.33. The Morgan fingerprint density at radius 2 is 0.750 bits per heavy atom. The molecular weight excluding hydrogens is 581 g/mol. The van der Waals surface area contributed by atoms with E-state index in [0.717, 1.165) is 0 Å². The minimum absolute atomic E-state index is 0. The zero-order chi connectivity index (χ0) is 24.9. The molecule has 0 spiro atoms. The molecule has 0 aliphatic rings. The van der Waals surface area contributed by atoms with Crippen LogP contribution >= 0.6 is 15.8 Å². The van der Waals surface area contributed by atoms with Gasteiger partial charge in [0.05, 0.1) is 0 Å². The average molecular weight is 619 g/mol. The fourth-order valence-electron chi connectivity index (χ4n) is 4.20. The minimum Gasteiger partial charge on any atom is -1.00 e. The average Bonchev–Trinajstić information content (AvgIpc) is 2.92. The number of carbonyl (C=O) groups excluding carboxylic acids is 1. The summed E-state index contributed by atoms with van der Waals surface area (Å²) in [4.78, 5) is 7.50. The van der Waals surface area contributed by atoms with Crippen LogP contribution in [0.2, 0.25) is 25.2 Å². The monoisotopic (exact) mass is 618 g/mol. The van der Waals surface area contributed by atoms with Crippen LogP contribution < -0.4 is 21.2 Å². The quantitative estimate of drug-likeness (QED) is 0.140. The molecule has 0 aliphatic carbocycles. The second kappa shape index (κ2) is 16.2. The SMILES string of the molecule is C[Si](C)(CCP(c1ccccc1)c1ccccc1)CCP(c1ccccc1)c1ccccc1.[C]=O.[H-].[H-].[H-].[Rh+3]. The molecule has 1 nitrogen and oxygen atoms in total. The molecule has 0 amide bonds. The van der Waals surface area contributed by atoms with Gasteiger partial charge in [-0.3, -0.25) is 4.79 Å². The van der Waals surface area contributed by atoms with E-state index in [-0.39, 0.29) is 39.6 Å². The van der Waals surface area contributed by atoms with Gasteiger partial charge in [0.1, 0.15) is 0 Å². The van der Waals surface area contributed by atoms with Crippen LogP contribution in [0.15, 0.2) is 121 Å². The van der Waals surface area contributed by atoms with Crippen molar-refractivity contribution >= 4 is 51.9 Å². The van der Waals surface area contributed by atoms with Gasteiger partial charge in [0.15, 0.2) is 0 Å². The fourth-order valence-corrected chi connectivity index (χ4v) is 14.8. The topological polar surface area (TPSA) is 17.1 Å². The van der Waals surface area contributed by atoms with Crippen LogP contribution in [-0.4, -0.2) is 27.2 Å². The zero-order valence-corrected chi connectivity index (χ0v) is 25.4. The van der Waals surface area contributed by atoms with Crippen molar-refractivity contribution in [3.63, 3.8) is 0 Å². The maximum absolute atomic E-state index is 7.50. The molecule has 0 heterocycles. The van der Waals surface area contributed by atoms with Crippen molar-refractivity contribution < 1.29 is 28.6 Å². The molecule has 36 heavy (non-hydrogen) atoms. The molecule has 5 heteroatoms. The molecule has 4 rings (SSSR count). The van der Waals surface area contributed by atoms with Gasteiger partial charge in [0.2, 0.25) is 0 Å². The molecule has 0 fully saturated rings.